The van der Waals surface area contributed by atoms with Crippen molar-refractivity contribution < 1.29 is 19.8 Å². The lowest BCUT2D eigenvalue weighted by molar-refractivity contribution is -0.115. The van der Waals surface area contributed by atoms with E-state index in [0.717, 1.165) is 13.0 Å². The Morgan fingerprint density at radius 1 is 1.30 bits per heavy atom. The highest BCUT2D eigenvalue weighted by Crippen LogP contribution is 2.53. The number of hydrogen-bond acceptors (Lipinski definition) is 6. The molecule has 1 aliphatic carbocycles. The topological polar surface area (TPSA) is 104 Å². The molecule has 4 N–H and O–H groups in total. The number of aliphatic hydroxyl groups is 2. The van der Waals surface area contributed by atoms with Crippen LogP contribution in [0.3, 0.4) is 0 Å². The van der Waals surface area contributed by atoms with Gasteiger partial charge in [-0.25, -0.2) is 0 Å². The number of likely N-dealkylation sites (tertiary alicyclic amines) is 1. The molecule has 0 amide bonds. The first kappa shape index (κ1) is 21.4. The first-order valence-electron chi connectivity index (χ1n) is 7.49. The van der Waals surface area contributed by atoms with Gasteiger partial charge in [0.15, 0.2) is 6.29 Å². The molecule has 1 saturated carbocycles. The van der Waals surface area contributed by atoms with Crippen LogP contribution in [0.25, 0.3) is 0 Å². The van der Waals surface area contributed by atoms with Gasteiger partial charge in [-0.15, -0.1) is 0 Å². The van der Waals surface area contributed by atoms with Gasteiger partial charge in [0, 0.05) is 6.54 Å². The number of aliphatic hydroxyl groups excluding tert-OH is 2. The van der Waals surface area contributed by atoms with Crippen molar-refractivity contribution in [2.45, 2.75) is 31.6 Å². The zero-order valence-electron chi connectivity index (χ0n) is 13.9. The van der Waals surface area contributed by atoms with Crippen LogP contribution in [0.2, 0.25) is 0 Å². The minimum absolute atomic E-state index is 0.146. The predicted molar refractivity (Wildman–Crippen MR) is 89.6 cm³/mol. The van der Waals surface area contributed by atoms with E-state index in [1.165, 1.54) is 19.9 Å². The number of benzene rings is 1. The summed E-state index contributed by atoms with van der Waals surface area (Å²) in [5.74, 6) is 0. The molecule has 23 heavy (non-hydrogen) atoms. The van der Waals surface area contributed by atoms with Crippen LogP contribution in [-0.4, -0.2) is 55.1 Å². The molecule has 2 atom stereocenters. The molecule has 1 saturated heterocycles. The van der Waals surface area contributed by atoms with Gasteiger partial charge in [0.25, 0.3) is 0 Å². The van der Waals surface area contributed by atoms with Crippen LogP contribution in [0.4, 0.5) is 0 Å². The Labute approximate surface area is 137 Å². The Bertz CT molecular complexity index is 425. The molecule has 1 aromatic rings. The Hall–Kier alpha value is -1.60. The van der Waals surface area contributed by atoms with Gasteiger partial charge in [-0.3, -0.25) is 4.90 Å². The van der Waals surface area contributed by atoms with Gasteiger partial charge in [0.2, 0.25) is 0 Å². The number of hydrogen-bond donors (Lipinski definition) is 3. The number of nitrogens with zero attached hydrogens (tertiary/aromatic N) is 1. The number of rotatable bonds is 2. The summed E-state index contributed by atoms with van der Waals surface area (Å²) in [6, 6.07) is 8.81. The van der Waals surface area contributed by atoms with Gasteiger partial charge in [0.1, 0.15) is 19.1 Å². The van der Waals surface area contributed by atoms with Crippen molar-refractivity contribution in [3.05, 3.63) is 35.9 Å². The standard InChI is InChI=1S/C8H8O2.C7H13NO.CH5N.CH2O/c9-6-8(10)7-4-2-1-3-5-7;1-8-5-7(2-3-7)4-6(8)9;2*1-2/h1-6,8,10H;6,9H,2-5H2,1H3;2H2,1H3;1H2/t8-;6-;;/m11../s1. The second-order valence-corrected chi connectivity index (χ2v) is 5.59. The highest BCUT2D eigenvalue weighted by molar-refractivity contribution is 5.59. The Morgan fingerprint density at radius 3 is 2.13 bits per heavy atom. The number of nitrogens with two attached hydrogens (primary N) is 1. The van der Waals surface area contributed by atoms with E-state index in [4.69, 9.17) is 9.90 Å². The lowest BCUT2D eigenvalue weighted by Gasteiger charge is -2.11. The van der Waals surface area contributed by atoms with E-state index in [1.807, 2.05) is 24.8 Å². The van der Waals surface area contributed by atoms with Crippen molar-refractivity contribution >= 4 is 13.1 Å². The highest BCUT2D eigenvalue weighted by Gasteiger charge is 2.50. The molecule has 1 heterocycles. The van der Waals surface area contributed by atoms with Gasteiger partial charge < -0.3 is 25.5 Å². The Kier molecular flexibility index (Phi) is 10.2. The van der Waals surface area contributed by atoms with Crippen molar-refractivity contribution in [1.29, 1.82) is 0 Å². The van der Waals surface area contributed by atoms with E-state index >= 15 is 0 Å². The van der Waals surface area contributed by atoms with Crippen LogP contribution in [0, 0.1) is 5.41 Å². The van der Waals surface area contributed by atoms with Crippen molar-refractivity contribution in [2.75, 3.05) is 20.6 Å². The third-order valence-corrected chi connectivity index (χ3v) is 3.94. The molecule has 1 aromatic carbocycles. The summed E-state index contributed by atoms with van der Waals surface area (Å²) in [6.45, 7) is 3.12. The van der Waals surface area contributed by atoms with Crippen LogP contribution in [0.1, 0.15) is 30.9 Å². The minimum Gasteiger partial charge on any atom is -0.381 e. The lowest BCUT2D eigenvalue weighted by Crippen LogP contribution is -2.23. The molecular weight excluding hydrogens is 296 g/mol. The maximum atomic E-state index is 10.1. The van der Waals surface area contributed by atoms with Crippen LogP contribution >= 0.6 is 0 Å². The summed E-state index contributed by atoms with van der Waals surface area (Å²) < 4.78 is 0. The number of carbonyl (C=O) groups is 2. The van der Waals surface area contributed by atoms with Gasteiger partial charge >= 0.3 is 0 Å². The molecule has 1 spiro atoms. The van der Waals surface area contributed by atoms with E-state index in [1.54, 1.807) is 24.3 Å². The van der Waals surface area contributed by atoms with Crippen LogP contribution in [-0.2, 0) is 9.59 Å². The summed E-state index contributed by atoms with van der Waals surface area (Å²) in [5, 5.41) is 18.3. The van der Waals surface area contributed by atoms with Crippen LogP contribution < -0.4 is 5.73 Å². The molecule has 0 unspecified atom stereocenters. The fraction of sp³-hybridized carbons (Fsp3) is 0.529. The zero-order valence-corrected chi connectivity index (χ0v) is 13.9. The second-order valence-electron chi connectivity index (χ2n) is 5.59. The van der Waals surface area contributed by atoms with Crippen molar-refractivity contribution in [3.8, 4) is 0 Å². The maximum absolute atomic E-state index is 10.1. The summed E-state index contributed by atoms with van der Waals surface area (Å²) in [5.41, 5.74) is 5.70. The number of aldehydes is 1. The van der Waals surface area contributed by atoms with Gasteiger partial charge in [0.05, 0.1) is 0 Å². The van der Waals surface area contributed by atoms with E-state index in [9.17, 15) is 9.90 Å². The average Bonchev–Trinajstić information content (AvgIpc) is 3.30. The summed E-state index contributed by atoms with van der Waals surface area (Å²) in [7, 11) is 3.50. The largest absolute Gasteiger partial charge is 0.381 e. The van der Waals surface area contributed by atoms with Crippen molar-refractivity contribution in [3.63, 3.8) is 0 Å². The van der Waals surface area contributed by atoms with Gasteiger partial charge in [-0.05, 0) is 44.3 Å². The molecule has 0 aromatic heterocycles. The monoisotopic (exact) mass is 324 g/mol. The smallest absolute Gasteiger partial charge is 0.153 e. The molecule has 6 nitrogen and oxygen atoms in total. The molecule has 0 radical (unpaired) electrons. The molecular formula is C17H28N2O4. The van der Waals surface area contributed by atoms with E-state index < -0.39 is 6.10 Å². The third kappa shape index (κ3) is 7.00. The second kappa shape index (κ2) is 11.0. The van der Waals surface area contributed by atoms with E-state index in [2.05, 4.69) is 5.73 Å². The van der Waals surface area contributed by atoms with Crippen LogP contribution in [0.15, 0.2) is 30.3 Å². The fourth-order valence-corrected chi connectivity index (χ4v) is 2.51. The first-order chi connectivity index (χ1) is 11.1. The molecule has 2 aliphatic rings. The SMILES string of the molecule is C=O.CN.CN1CC2(CC2)C[C@H]1O.O=C[C@@H](O)c1ccccc1. The summed E-state index contributed by atoms with van der Waals surface area (Å²) in [6.07, 6.45) is 3.09. The summed E-state index contributed by atoms with van der Waals surface area (Å²) >= 11 is 0. The van der Waals surface area contributed by atoms with Gasteiger partial charge in [-0.1, -0.05) is 30.3 Å². The zero-order chi connectivity index (χ0) is 17.9. The predicted octanol–water partition coefficient (Wildman–Crippen LogP) is 0.729. The molecule has 1 aliphatic heterocycles. The van der Waals surface area contributed by atoms with Crippen molar-refractivity contribution in [2.24, 2.45) is 11.1 Å². The summed E-state index contributed by atoms with van der Waals surface area (Å²) in [4.78, 5) is 20.1. The van der Waals surface area contributed by atoms with E-state index in [-0.39, 0.29) is 6.23 Å². The Balaban J connectivity index is 0.000000347. The van der Waals surface area contributed by atoms with Gasteiger partial charge in [-0.2, -0.15) is 0 Å². The maximum Gasteiger partial charge on any atom is 0.153 e. The highest BCUT2D eigenvalue weighted by atomic mass is 16.3. The number of carbonyl (C=O) groups excluding carboxylic acids is 2. The molecule has 2 fully saturated rings. The average molecular weight is 324 g/mol. The first-order valence-corrected chi connectivity index (χ1v) is 7.49. The van der Waals surface area contributed by atoms with Crippen molar-refractivity contribution in [1.82, 2.24) is 4.90 Å². The molecule has 3 rings (SSSR count). The molecule has 130 valence electrons. The molecule has 6 heteroatoms. The third-order valence-electron chi connectivity index (χ3n) is 3.94. The van der Waals surface area contributed by atoms with Crippen LogP contribution in [0.5, 0.6) is 0 Å². The normalized spacial score (nSPS) is 21.5. The molecule has 0 bridgehead atoms. The van der Waals surface area contributed by atoms with E-state index in [0.29, 0.717) is 17.3 Å². The lowest BCUT2D eigenvalue weighted by atomic mass is 10.1. The quantitative estimate of drug-likeness (QED) is 0.693. The minimum atomic E-state index is -0.971. The fourth-order valence-electron chi connectivity index (χ4n) is 2.51. The Morgan fingerprint density at radius 2 is 1.83 bits per heavy atom.